The van der Waals surface area contributed by atoms with Gasteiger partial charge in [-0.25, -0.2) is 0 Å². The molecule has 1 aliphatic rings. The fourth-order valence-corrected chi connectivity index (χ4v) is 1.74. The van der Waals surface area contributed by atoms with Crippen molar-refractivity contribution in [3.8, 4) is 5.75 Å². The zero-order valence-electron chi connectivity index (χ0n) is 11.6. The molecule has 1 fully saturated rings. The van der Waals surface area contributed by atoms with Gasteiger partial charge in [-0.15, -0.1) is 0 Å². The predicted octanol–water partition coefficient (Wildman–Crippen LogP) is 2.55. The summed E-state index contributed by atoms with van der Waals surface area (Å²) in [6.07, 6.45) is 3.22. The monoisotopic (exact) mass is 262 g/mol. The van der Waals surface area contributed by atoms with E-state index in [1.165, 1.54) is 0 Å². The molecule has 4 nitrogen and oxygen atoms in total. The van der Waals surface area contributed by atoms with Crippen LogP contribution in [0.4, 0.5) is 5.69 Å². The summed E-state index contributed by atoms with van der Waals surface area (Å²) in [5.74, 6) is 0.927. The van der Waals surface area contributed by atoms with Crippen LogP contribution in [0, 0.1) is 0 Å². The molecule has 1 saturated carbocycles. The molecule has 0 heterocycles. The highest BCUT2D eigenvalue weighted by Gasteiger charge is 2.25. The van der Waals surface area contributed by atoms with Crippen molar-refractivity contribution in [1.82, 2.24) is 5.32 Å². The average Bonchev–Trinajstić information content (AvgIpc) is 3.22. The fourth-order valence-electron chi connectivity index (χ4n) is 1.74. The molecule has 0 saturated heterocycles. The second-order valence-corrected chi connectivity index (χ2v) is 5.02. The predicted molar refractivity (Wildman–Crippen MR) is 76.5 cm³/mol. The Balaban J connectivity index is 1.82. The highest BCUT2D eigenvalue weighted by molar-refractivity contribution is 5.84. The minimum Gasteiger partial charge on any atom is -0.494 e. The summed E-state index contributed by atoms with van der Waals surface area (Å²) in [6.45, 7) is 4.68. The molecule has 0 radical (unpaired) electrons. The molecule has 0 aromatic heterocycles. The van der Waals surface area contributed by atoms with Gasteiger partial charge in [0.1, 0.15) is 11.8 Å². The smallest absolute Gasteiger partial charge is 0.242 e. The Morgan fingerprint density at radius 2 is 2.05 bits per heavy atom. The Hall–Kier alpha value is -1.71. The van der Waals surface area contributed by atoms with E-state index in [1.54, 1.807) is 0 Å². The van der Waals surface area contributed by atoms with Crippen LogP contribution in [0.25, 0.3) is 0 Å². The number of amides is 1. The number of carbonyl (C=O) groups excluding carboxylic acids is 1. The van der Waals surface area contributed by atoms with Crippen LogP contribution >= 0.6 is 0 Å². The first-order valence-electron chi connectivity index (χ1n) is 6.99. The number of benzene rings is 1. The summed E-state index contributed by atoms with van der Waals surface area (Å²) < 4.78 is 5.52. The minimum atomic E-state index is -0.219. The molecule has 0 spiro atoms. The minimum absolute atomic E-state index is 0.0637. The lowest BCUT2D eigenvalue weighted by atomic mass is 10.2. The number of hydrogen-bond acceptors (Lipinski definition) is 3. The molecular formula is C15H22N2O2. The fraction of sp³-hybridized carbons (Fsp3) is 0.533. The van der Waals surface area contributed by atoms with E-state index in [4.69, 9.17) is 4.74 Å². The van der Waals surface area contributed by atoms with Gasteiger partial charge in [-0.2, -0.15) is 0 Å². The third-order valence-electron chi connectivity index (χ3n) is 3.03. The van der Waals surface area contributed by atoms with Crippen molar-refractivity contribution in [3.05, 3.63) is 24.3 Å². The maximum absolute atomic E-state index is 11.8. The maximum Gasteiger partial charge on any atom is 0.242 e. The molecule has 1 atom stereocenters. The lowest BCUT2D eigenvalue weighted by Crippen LogP contribution is -2.38. The second kappa shape index (κ2) is 6.45. The molecular weight excluding hydrogens is 240 g/mol. The van der Waals surface area contributed by atoms with E-state index in [9.17, 15) is 4.79 Å². The average molecular weight is 262 g/mol. The molecule has 0 bridgehead atoms. The molecule has 4 heteroatoms. The van der Waals surface area contributed by atoms with E-state index < -0.39 is 0 Å². The number of rotatable bonds is 7. The Labute approximate surface area is 114 Å². The van der Waals surface area contributed by atoms with E-state index >= 15 is 0 Å². The first kappa shape index (κ1) is 13.7. The van der Waals surface area contributed by atoms with Gasteiger partial charge in [0.15, 0.2) is 0 Å². The number of ether oxygens (including phenoxy) is 1. The molecule has 19 heavy (non-hydrogen) atoms. The van der Waals surface area contributed by atoms with Crippen LogP contribution in [-0.2, 0) is 4.79 Å². The highest BCUT2D eigenvalue weighted by Crippen LogP contribution is 2.19. The van der Waals surface area contributed by atoms with Crippen molar-refractivity contribution in [1.29, 1.82) is 0 Å². The molecule has 1 unspecified atom stereocenters. The lowest BCUT2D eigenvalue weighted by Gasteiger charge is -2.15. The third-order valence-corrected chi connectivity index (χ3v) is 3.03. The zero-order valence-corrected chi connectivity index (χ0v) is 11.6. The maximum atomic E-state index is 11.8. The second-order valence-electron chi connectivity index (χ2n) is 5.02. The molecule has 1 amide bonds. The number of hydrogen-bond donors (Lipinski definition) is 2. The molecule has 2 N–H and O–H groups in total. The lowest BCUT2D eigenvalue weighted by molar-refractivity contribution is -0.121. The van der Waals surface area contributed by atoms with Gasteiger partial charge < -0.3 is 15.4 Å². The van der Waals surface area contributed by atoms with E-state index in [2.05, 4.69) is 17.6 Å². The SMILES string of the molecule is CCCOc1ccc(NC(C)C(=O)NC2CC2)cc1. The van der Waals surface area contributed by atoms with Crippen molar-refractivity contribution >= 4 is 11.6 Å². The summed E-state index contributed by atoms with van der Waals surface area (Å²) in [4.78, 5) is 11.8. The Kier molecular flexibility index (Phi) is 4.66. The Morgan fingerprint density at radius 3 is 2.63 bits per heavy atom. The third kappa shape index (κ3) is 4.47. The van der Waals surface area contributed by atoms with Gasteiger partial charge in [0.25, 0.3) is 0 Å². The first-order chi connectivity index (χ1) is 9.19. The van der Waals surface area contributed by atoms with Crippen LogP contribution in [0.1, 0.15) is 33.1 Å². The quantitative estimate of drug-likeness (QED) is 0.794. The molecule has 1 aromatic carbocycles. The van der Waals surface area contributed by atoms with Crippen molar-refractivity contribution in [2.24, 2.45) is 0 Å². The van der Waals surface area contributed by atoms with Gasteiger partial charge in [-0.05, 0) is 50.5 Å². The Morgan fingerprint density at radius 1 is 1.37 bits per heavy atom. The first-order valence-corrected chi connectivity index (χ1v) is 6.99. The van der Waals surface area contributed by atoms with Crippen LogP contribution in [0.2, 0.25) is 0 Å². The van der Waals surface area contributed by atoms with E-state index in [1.807, 2.05) is 31.2 Å². The molecule has 2 rings (SSSR count). The van der Waals surface area contributed by atoms with Crippen molar-refractivity contribution < 1.29 is 9.53 Å². The van der Waals surface area contributed by atoms with Crippen LogP contribution in [-0.4, -0.2) is 24.6 Å². The number of nitrogens with one attached hydrogen (secondary N) is 2. The molecule has 1 aromatic rings. The normalized spacial score (nSPS) is 15.7. The summed E-state index contributed by atoms with van der Waals surface area (Å²) in [5, 5.41) is 6.18. The summed E-state index contributed by atoms with van der Waals surface area (Å²) in [5.41, 5.74) is 0.933. The van der Waals surface area contributed by atoms with Gasteiger partial charge in [-0.3, -0.25) is 4.79 Å². The van der Waals surface area contributed by atoms with Gasteiger partial charge in [0.2, 0.25) is 5.91 Å². The van der Waals surface area contributed by atoms with Crippen LogP contribution < -0.4 is 15.4 Å². The summed E-state index contributed by atoms with van der Waals surface area (Å²) in [7, 11) is 0. The molecule has 104 valence electrons. The van der Waals surface area contributed by atoms with Crippen molar-refractivity contribution in [2.45, 2.75) is 45.2 Å². The standard InChI is InChI=1S/C15H22N2O2/c1-3-10-19-14-8-6-12(7-9-14)16-11(2)15(18)17-13-4-5-13/h6-9,11,13,16H,3-5,10H2,1-2H3,(H,17,18). The zero-order chi connectivity index (χ0) is 13.7. The highest BCUT2D eigenvalue weighted by atomic mass is 16.5. The number of carbonyl (C=O) groups is 1. The van der Waals surface area contributed by atoms with Crippen LogP contribution in [0.5, 0.6) is 5.75 Å². The van der Waals surface area contributed by atoms with Crippen LogP contribution in [0.3, 0.4) is 0 Å². The largest absolute Gasteiger partial charge is 0.494 e. The van der Waals surface area contributed by atoms with E-state index in [0.717, 1.165) is 37.3 Å². The summed E-state index contributed by atoms with van der Waals surface area (Å²) in [6, 6.07) is 7.90. The van der Waals surface area contributed by atoms with Gasteiger partial charge in [0, 0.05) is 11.7 Å². The Bertz CT molecular complexity index is 413. The van der Waals surface area contributed by atoms with E-state index in [0.29, 0.717) is 6.04 Å². The van der Waals surface area contributed by atoms with Gasteiger partial charge in [0.05, 0.1) is 6.61 Å². The van der Waals surface area contributed by atoms with Crippen molar-refractivity contribution in [2.75, 3.05) is 11.9 Å². The summed E-state index contributed by atoms with van der Waals surface area (Å²) >= 11 is 0. The molecule has 1 aliphatic carbocycles. The molecule has 0 aliphatic heterocycles. The topological polar surface area (TPSA) is 50.4 Å². The number of anilines is 1. The van der Waals surface area contributed by atoms with Crippen LogP contribution in [0.15, 0.2) is 24.3 Å². The van der Waals surface area contributed by atoms with Gasteiger partial charge in [-0.1, -0.05) is 6.92 Å². The van der Waals surface area contributed by atoms with Gasteiger partial charge >= 0.3 is 0 Å². The van der Waals surface area contributed by atoms with Crippen molar-refractivity contribution in [3.63, 3.8) is 0 Å². The van der Waals surface area contributed by atoms with E-state index in [-0.39, 0.29) is 11.9 Å².